The summed E-state index contributed by atoms with van der Waals surface area (Å²) in [5.41, 5.74) is 3.32. The van der Waals surface area contributed by atoms with Gasteiger partial charge < -0.3 is 9.32 Å². The summed E-state index contributed by atoms with van der Waals surface area (Å²) < 4.78 is 6.17. The first kappa shape index (κ1) is 15.5. The molecule has 22 heavy (non-hydrogen) atoms. The fraction of sp³-hybridized carbons (Fsp3) is 0.632. The minimum atomic E-state index is 0.474. The van der Waals surface area contributed by atoms with Crippen LogP contribution in [0.3, 0.4) is 0 Å². The van der Waals surface area contributed by atoms with Crippen molar-refractivity contribution in [3.8, 4) is 0 Å². The van der Waals surface area contributed by atoms with Crippen molar-refractivity contribution < 1.29 is 4.42 Å². The third-order valence-corrected chi connectivity index (χ3v) is 4.89. The SMILES string of the molecule is CC[C@@H]1CN(C)CC[C@H]1c1nc2ccc(CC(C)C)cc2o1. The van der Waals surface area contributed by atoms with Crippen LogP contribution in [0.5, 0.6) is 0 Å². The topological polar surface area (TPSA) is 29.3 Å². The molecule has 3 rings (SSSR count). The van der Waals surface area contributed by atoms with E-state index in [2.05, 4.69) is 50.9 Å². The lowest BCUT2D eigenvalue weighted by Crippen LogP contribution is -2.36. The molecule has 0 aliphatic carbocycles. The molecule has 1 fully saturated rings. The summed E-state index contributed by atoms with van der Waals surface area (Å²) in [4.78, 5) is 7.22. The minimum Gasteiger partial charge on any atom is -0.440 e. The Labute approximate surface area is 133 Å². The highest BCUT2D eigenvalue weighted by Gasteiger charge is 2.31. The van der Waals surface area contributed by atoms with Crippen molar-refractivity contribution >= 4 is 11.1 Å². The van der Waals surface area contributed by atoms with Crippen LogP contribution >= 0.6 is 0 Å². The lowest BCUT2D eigenvalue weighted by molar-refractivity contribution is 0.165. The zero-order valence-electron chi connectivity index (χ0n) is 14.3. The van der Waals surface area contributed by atoms with Crippen LogP contribution in [-0.2, 0) is 6.42 Å². The number of piperidine rings is 1. The first-order chi connectivity index (χ1) is 10.6. The van der Waals surface area contributed by atoms with E-state index in [0.29, 0.717) is 17.8 Å². The van der Waals surface area contributed by atoms with E-state index in [1.165, 1.54) is 12.0 Å². The number of hydrogen-bond acceptors (Lipinski definition) is 3. The Kier molecular flexibility index (Phi) is 4.53. The summed E-state index contributed by atoms with van der Waals surface area (Å²) in [5.74, 6) is 2.75. The summed E-state index contributed by atoms with van der Waals surface area (Å²) in [7, 11) is 2.21. The van der Waals surface area contributed by atoms with Crippen molar-refractivity contribution in [2.45, 2.75) is 46.0 Å². The van der Waals surface area contributed by atoms with Gasteiger partial charge in [-0.1, -0.05) is 33.3 Å². The molecule has 1 aliphatic rings. The van der Waals surface area contributed by atoms with Gasteiger partial charge in [-0.15, -0.1) is 0 Å². The Morgan fingerprint density at radius 1 is 1.36 bits per heavy atom. The molecule has 1 saturated heterocycles. The van der Waals surface area contributed by atoms with Crippen LogP contribution in [0.2, 0.25) is 0 Å². The molecule has 0 unspecified atom stereocenters. The molecule has 1 aliphatic heterocycles. The van der Waals surface area contributed by atoms with Gasteiger partial charge in [0.15, 0.2) is 11.5 Å². The maximum atomic E-state index is 6.17. The molecule has 0 radical (unpaired) electrons. The van der Waals surface area contributed by atoms with Gasteiger partial charge in [-0.3, -0.25) is 0 Å². The van der Waals surface area contributed by atoms with Crippen LogP contribution < -0.4 is 0 Å². The standard InChI is InChI=1S/C19H28N2O/c1-5-15-12-21(4)9-8-16(15)19-20-17-7-6-14(10-13(2)3)11-18(17)22-19/h6-7,11,13,15-16H,5,8-10,12H2,1-4H3/t15-,16-/m1/s1. The monoisotopic (exact) mass is 300 g/mol. The second-order valence-electron chi connectivity index (χ2n) is 7.28. The van der Waals surface area contributed by atoms with E-state index < -0.39 is 0 Å². The van der Waals surface area contributed by atoms with Crippen molar-refractivity contribution in [3.63, 3.8) is 0 Å². The Bertz CT molecular complexity index is 631. The van der Waals surface area contributed by atoms with Crippen LogP contribution in [0, 0.1) is 11.8 Å². The fourth-order valence-corrected chi connectivity index (χ4v) is 3.70. The highest BCUT2D eigenvalue weighted by atomic mass is 16.3. The zero-order valence-corrected chi connectivity index (χ0v) is 14.3. The Morgan fingerprint density at radius 3 is 2.91 bits per heavy atom. The van der Waals surface area contributed by atoms with E-state index in [9.17, 15) is 0 Å². The second-order valence-corrected chi connectivity index (χ2v) is 7.28. The van der Waals surface area contributed by atoms with Crippen molar-refractivity contribution in [1.82, 2.24) is 9.88 Å². The maximum absolute atomic E-state index is 6.17. The van der Waals surface area contributed by atoms with Crippen molar-refractivity contribution in [2.75, 3.05) is 20.1 Å². The molecule has 0 bridgehead atoms. The van der Waals surface area contributed by atoms with Crippen LogP contribution in [-0.4, -0.2) is 30.0 Å². The van der Waals surface area contributed by atoms with Gasteiger partial charge in [-0.25, -0.2) is 4.98 Å². The molecule has 2 atom stereocenters. The van der Waals surface area contributed by atoms with Gasteiger partial charge in [0, 0.05) is 12.5 Å². The number of benzene rings is 1. The number of hydrogen-bond donors (Lipinski definition) is 0. The predicted octanol–water partition coefficient (Wildman–Crippen LogP) is 4.47. The van der Waals surface area contributed by atoms with Crippen LogP contribution in [0.25, 0.3) is 11.1 Å². The zero-order chi connectivity index (χ0) is 15.7. The van der Waals surface area contributed by atoms with E-state index in [1.807, 2.05) is 0 Å². The first-order valence-corrected chi connectivity index (χ1v) is 8.64. The molecule has 3 heteroatoms. The lowest BCUT2D eigenvalue weighted by Gasteiger charge is -2.34. The van der Waals surface area contributed by atoms with Gasteiger partial charge in [-0.05, 0) is 56.0 Å². The molecule has 120 valence electrons. The van der Waals surface area contributed by atoms with E-state index in [-0.39, 0.29) is 0 Å². The molecule has 1 aromatic heterocycles. The van der Waals surface area contributed by atoms with E-state index in [0.717, 1.165) is 42.9 Å². The number of nitrogens with zero attached hydrogens (tertiary/aromatic N) is 2. The number of likely N-dealkylation sites (tertiary alicyclic amines) is 1. The number of rotatable bonds is 4. The van der Waals surface area contributed by atoms with Crippen molar-refractivity contribution in [2.24, 2.45) is 11.8 Å². The highest BCUT2D eigenvalue weighted by Crippen LogP contribution is 2.35. The molecule has 0 N–H and O–H groups in total. The third kappa shape index (κ3) is 3.19. The van der Waals surface area contributed by atoms with Crippen molar-refractivity contribution in [1.29, 1.82) is 0 Å². The van der Waals surface area contributed by atoms with Gasteiger partial charge in [0.2, 0.25) is 0 Å². The normalized spacial score (nSPS) is 23.5. The maximum Gasteiger partial charge on any atom is 0.198 e. The second kappa shape index (κ2) is 6.41. The Morgan fingerprint density at radius 2 is 2.18 bits per heavy atom. The van der Waals surface area contributed by atoms with Gasteiger partial charge >= 0.3 is 0 Å². The average Bonchev–Trinajstić information content (AvgIpc) is 2.89. The van der Waals surface area contributed by atoms with E-state index >= 15 is 0 Å². The molecule has 0 spiro atoms. The molecule has 2 heterocycles. The van der Waals surface area contributed by atoms with E-state index in [1.54, 1.807) is 0 Å². The largest absolute Gasteiger partial charge is 0.440 e. The molecule has 1 aromatic carbocycles. The summed E-state index contributed by atoms with van der Waals surface area (Å²) in [5, 5.41) is 0. The first-order valence-electron chi connectivity index (χ1n) is 8.64. The van der Waals surface area contributed by atoms with Gasteiger partial charge in [0.05, 0.1) is 0 Å². The van der Waals surface area contributed by atoms with Gasteiger partial charge in [0.1, 0.15) is 5.52 Å². The van der Waals surface area contributed by atoms with Gasteiger partial charge in [0.25, 0.3) is 0 Å². The van der Waals surface area contributed by atoms with Crippen LogP contribution in [0.4, 0.5) is 0 Å². The number of fused-ring (bicyclic) bond motifs is 1. The number of aromatic nitrogens is 1. The molecule has 0 amide bonds. The summed E-state index contributed by atoms with van der Waals surface area (Å²) >= 11 is 0. The third-order valence-electron chi connectivity index (χ3n) is 4.89. The minimum absolute atomic E-state index is 0.474. The molecule has 0 saturated carbocycles. The summed E-state index contributed by atoms with van der Waals surface area (Å²) in [6.45, 7) is 9.07. The number of oxazole rings is 1. The quantitative estimate of drug-likeness (QED) is 0.834. The highest BCUT2D eigenvalue weighted by molar-refractivity contribution is 5.73. The van der Waals surface area contributed by atoms with Gasteiger partial charge in [-0.2, -0.15) is 0 Å². The molecular formula is C19H28N2O. The average molecular weight is 300 g/mol. The van der Waals surface area contributed by atoms with Crippen LogP contribution in [0.1, 0.15) is 51.0 Å². The molecule has 2 aromatic rings. The summed E-state index contributed by atoms with van der Waals surface area (Å²) in [6, 6.07) is 6.50. The Balaban J connectivity index is 1.87. The molecular weight excluding hydrogens is 272 g/mol. The Hall–Kier alpha value is -1.35. The smallest absolute Gasteiger partial charge is 0.198 e. The predicted molar refractivity (Wildman–Crippen MR) is 91.2 cm³/mol. The van der Waals surface area contributed by atoms with Crippen molar-refractivity contribution in [3.05, 3.63) is 29.7 Å². The fourth-order valence-electron chi connectivity index (χ4n) is 3.70. The molecule has 3 nitrogen and oxygen atoms in total. The lowest BCUT2D eigenvalue weighted by atomic mass is 9.84. The van der Waals surface area contributed by atoms with E-state index in [4.69, 9.17) is 9.40 Å². The van der Waals surface area contributed by atoms with Crippen LogP contribution in [0.15, 0.2) is 22.6 Å². The summed E-state index contributed by atoms with van der Waals surface area (Å²) in [6.07, 6.45) is 3.44.